The van der Waals surface area contributed by atoms with Crippen LogP contribution < -0.4 is 5.32 Å². The fourth-order valence-electron chi connectivity index (χ4n) is 2.05. The molecule has 3 unspecified atom stereocenters. The molecule has 1 aliphatic rings. The van der Waals surface area contributed by atoms with Crippen molar-refractivity contribution < 1.29 is 14.7 Å². The van der Waals surface area contributed by atoms with Crippen LogP contribution in [-0.4, -0.2) is 34.0 Å². The minimum atomic E-state index is -0.742. The zero-order valence-corrected chi connectivity index (χ0v) is 12.0. The third-order valence-corrected chi connectivity index (χ3v) is 4.68. The summed E-state index contributed by atoms with van der Waals surface area (Å²) in [5.41, 5.74) is 0. The zero-order chi connectivity index (χ0) is 13.5. The van der Waals surface area contributed by atoms with Crippen molar-refractivity contribution in [2.24, 2.45) is 5.92 Å². The standard InChI is InChI=1S/C13H23NO3S/c1-9(13(16)17)5-3-6-10(2)14-12(15)11-7-4-8-18-11/h9-11H,3-8H2,1-2H3,(H,14,15)(H,16,17). The maximum absolute atomic E-state index is 11.8. The van der Waals surface area contributed by atoms with Crippen molar-refractivity contribution in [3.63, 3.8) is 0 Å². The number of amides is 1. The molecule has 0 saturated carbocycles. The lowest BCUT2D eigenvalue weighted by Gasteiger charge is -2.17. The highest BCUT2D eigenvalue weighted by Crippen LogP contribution is 2.26. The van der Waals surface area contributed by atoms with Gasteiger partial charge in [-0.25, -0.2) is 0 Å². The van der Waals surface area contributed by atoms with Gasteiger partial charge in [-0.3, -0.25) is 9.59 Å². The molecule has 0 aromatic heterocycles. The topological polar surface area (TPSA) is 66.4 Å². The van der Waals surface area contributed by atoms with Crippen molar-refractivity contribution in [2.75, 3.05) is 5.75 Å². The number of carbonyl (C=O) groups excluding carboxylic acids is 1. The lowest BCUT2D eigenvalue weighted by Crippen LogP contribution is -2.37. The van der Waals surface area contributed by atoms with Gasteiger partial charge in [-0.15, -0.1) is 11.8 Å². The first-order valence-electron chi connectivity index (χ1n) is 6.65. The molecule has 1 amide bonds. The lowest BCUT2D eigenvalue weighted by atomic mass is 10.0. The molecule has 104 valence electrons. The Bertz CT molecular complexity index is 290. The van der Waals surface area contributed by atoms with Gasteiger partial charge in [-0.1, -0.05) is 13.3 Å². The second-order valence-electron chi connectivity index (χ2n) is 5.08. The maximum atomic E-state index is 11.8. The van der Waals surface area contributed by atoms with Gasteiger partial charge in [0.25, 0.3) is 0 Å². The highest BCUT2D eigenvalue weighted by atomic mass is 32.2. The van der Waals surface area contributed by atoms with E-state index in [0.717, 1.165) is 31.4 Å². The predicted octanol–water partition coefficient (Wildman–Crippen LogP) is 2.28. The van der Waals surface area contributed by atoms with Crippen LogP contribution in [0.25, 0.3) is 0 Å². The van der Waals surface area contributed by atoms with Gasteiger partial charge in [0.2, 0.25) is 5.91 Å². The summed E-state index contributed by atoms with van der Waals surface area (Å²) < 4.78 is 0. The van der Waals surface area contributed by atoms with Crippen LogP contribution in [0.5, 0.6) is 0 Å². The Hall–Kier alpha value is -0.710. The maximum Gasteiger partial charge on any atom is 0.306 e. The number of nitrogens with one attached hydrogen (secondary N) is 1. The van der Waals surface area contributed by atoms with Crippen molar-refractivity contribution in [1.82, 2.24) is 5.32 Å². The van der Waals surface area contributed by atoms with E-state index < -0.39 is 5.97 Å². The molecule has 1 saturated heterocycles. The van der Waals surface area contributed by atoms with E-state index >= 15 is 0 Å². The fraction of sp³-hybridized carbons (Fsp3) is 0.846. The second-order valence-corrected chi connectivity index (χ2v) is 6.39. The molecule has 0 spiro atoms. The van der Waals surface area contributed by atoms with Gasteiger partial charge in [-0.05, 0) is 38.4 Å². The summed E-state index contributed by atoms with van der Waals surface area (Å²) in [7, 11) is 0. The van der Waals surface area contributed by atoms with Gasteiger partial charge in [-0.2, -0.15) is 0 Å². The van der Waals surface area contributed by atoms with Crippen LogP contribution in [0.3, 0.4) is 0 Å². The molecule has 2 N–H and O–H groups in total. The molecule has 1 heterocycles. The summed E-state index contributed by atoms with van der Waals surface area (Å²) in [6, 6.07) is 0.139. The molecule has 18 heavy (non-hydrogen) atoms. The van der Waals surface area contributed by atoms with Crippen LogP contribution in [0.1, 0.15) is 46.0 Å². The number of rotatable bonds is 7. The molecule has 0 aromatic carbocycles. The zero-order valence-electron chi connectivity index (χ0n) is 11.1. The summed E-state index contributed by atoms with van der Waals surface area (Å²) in [5.74, 6) is 0.200. The number of carboxylic acid groups (broad SMARTS) is 1. The molecule has 4 nitrogen and oxygen atoms in total. The van der Waals surface area contributed by atoms with E-state index in [1.165, 1.54) is 0 Å². The van der Waals surface area contributed by atoms with Crippen LogP contribution >= 0.6 is 11.8 Å². The molecule has 0 radical (unpaired) electrons. The Morgan fingerprint density at radius 3 is 2.67 bits per heavy atom. The van der Waals surface area contributed by atoms with E-state index in [0.29, 0.717) is 6.42 Å². The number of aliphatic carboxylic acids is 1. The molecule has 1 fully saturated rings. The Kier molecular flexibility index (Phi) is 6.54. The van der Waals surface area contributed by atoms with Crippen LogP contribution in [0.2, 0.25) is 0 Å². The highest BCUT2D eigenvalue weighted by Gasteiger charge is 2.24. The molecular weight excluding hydrogens is 250 g/mol. The first kappa shape index (κ1) is 15.3. The number of hydrogen-bond acceptors (Lipinski definition) is 3. The van der Waals surface area contributed by atoms with Crippen LogP contribution in [0.4, 0.5) is 0 Å². The van der Waals surface area contributed by atoms with E-state index in [1.807, 2.05) is 6.92 Å². The average Bonchev–Trinajstić information content (AvgIpc) is 2.81. The Morgan fingerprint density at radius 1 is 1.39 bits per heavy atom. The SMILES string of the molecule is CC(CCCC(C)C(=O)O)NC(=O)C1CCCS1. The van der Waals surface area contributed by atoms with E-state index in [4.69, 9.17) is 5.11 Å². The highest BCUT2D eigenvalue weighted by molar-refractivity contribution is 8.00. The van der Waals surface area contributed by atoms with Gasteiger partial charge >= 0.3 is 5.97 Å². The van der Waals surface area contributed by atoms with E-state index in [1.54, 1.807) is 18.7 Å². The van der Waals surface area contributed by atoms with E-state index in [9.17, 15) is 9.59 Å². The normalized spacial score (nSPS) is 22.4. The number of carboxylic acids is 1. The molecule has 3 atom stereocenters. The van der Waals surface area contributed by atoms with Crippen LogP contribution in [0, 0.1) is 5.92 Å². The van der Waals surface area contributed by atoms with Crippen molar-refractivity contribution in [3.8, 4) is 0 Å². The van der Waals surface area contributed by atoms with E-state index in [-0.39, 0.29) is 23.1 Å². The van der Waals surface area contributed by atoms with Gasteiger partial charge in [0.1, 0.15) is 0 Å². The molecule has 5 heteroatoms. The van der Waals surface area contributed by atoms with E-state index in [2.05, 4.69) is 5.32 Å². The van der Waals surface area contributed by atoms with Crippen molar-refractivity contribution >= 4 is 23.6 Å². The molecular formula is C13H23NO3S. The smallest absolute Gasteiger partial charge is 0.306 e. The van der Waals surface area contributed by atoms with Crippen molar-refractivity contribution in [3.05, 3.63) is 0 Å². The third-order valence-electron chi connectivity index (χ3n) is 3.31. The first-order chi connectivity index (χ1) is 8.50. The summed E-state index contributed by atoms with van der Waals surface area (Å²) in [5, 5.41) is 11.9. The quantitative estimate of drug-likeness (QED) is 0.747. The molecule has 1 aliphatic heterocycles. The summed E-state index contributed by atoms with van der Waals surface area (Å²) >= 11 is 1.74. The molecule has 1 rings (SSSR count). The van der Waals surface area contributed by atoms with Crippen molar-refractivity contribution in [1.29, 1.82) is 0 Å². The monoisotopic (exact) mass is 273 g/mol. The largest absolute Gasteiger partial charge is 0.481 e. The summed E-state index contributed by atoms with van der Waals surface area (Å²) in [6.45, 7) is 3.71. The van der Waals surface area contributed by atoms with Gasteiger partial charge in [0.15, 0.2) is 0 Å². The summed E-state index contributed by atoms with van der Waals surface area (Å²) in [4.78, 5) is 22.5. The molecule has 0 aliphatic carbocycles. The fourth-order valence-corrected chi connectivity index (χ4v) is 3.22. The number of thioether (sulfide) groups is 1. The third kappa shape index (κ3) is 5.29. The predicted molar refractivity (Wildman–Crippen MR) is 73.7 cm³/mol. The van der Waals surface area contributed by atoms with Gasteiger partial charge in [0, 0.05) is 6.04 Å². The minimum absolute atomic E-state index is 0.130. The Balaban J connectivity index is 2.14. The average molecular weight is 273 g/mol. The van der Waals surface area contributed by atoms with Crippen LogP contribution in [0.15, 0.2) is 0 Å². The van der Waals surface area contributed by atoms with Crippen molar-refractivity contribution in [2.45, 2.75) is 57.2 Å². The number of hydrogen-bond donors (Lipinski definition) is 2. The Labute approximate surface area is 113 Å². The Morgan fingerprint density at radius 2 is 2.11 bits per heavy atom. The second kappa shape index (κ2) is 7.67. The van der Waals surface area contributed by atoms with Crippen LogP contribution in [-0.2, 0) is 9.59 Å². The van der Waals surface area contributed by atoms with Gasteiger partial charge < -0.3 is 10.4 Å². The molecule has 0 bridgehead atoms. The lowest BCUT2D eigenvalue weighted by molar-refractivity contribution is -0.141. The summed E-state index contributed by atoms with van der Waals surface area (Å²) in [6.07, 6.45) is 4.48. The first-order valence-corrected chi connectivity index (χ1v) is 7.70. The minimum Gasteiger partial charge on any atom is -0.481 e. The molecule has 0 aromatic rings. The number of carbonyl (C=O) groups is 2. The van der Waals surface area contributed by atoms with Gasteiger partial charge in [0.05, 0.1) is 11.2 Å².